The van der Waals surface area contributed by atoms with Crippen molar-refractivity contribution in [3.8, 4) is 5.75 Å². The van der Waals surface area contributed by atoms with Gasteiger partial charge in [-0.1, -0.05) is 88.4 Å². The van der Waals surface area contributed by atoms with E-state index in [1.165, 1.54) is 53.5 Å². The van der Waals surface area contributed by atoms with Gasteiger partial charge in [0, 0.05) is 85.7 Å². The second-order valence-corrected chi connectivity index (χ2v) is 35.4. The minimum absolute atomic E-state index is 0.0145. The number of fused-ring (bicyclic) bond motifs is 1. The number of aliphatic carboxylic acids is 1. The van der Waals surface area contributed by atoms with Crippen LogP contribution in [-0.2, 0) is 117 Å². The van der Waals surface area contributed by atoms with E-state index in [9.17, 15) is 117 Å². The molecule has 0 saturated carbocycles. The smallest absolute Gasteiger partial charge is 0.326 e. The van der Waals surface area contributed by atoms with Crippen LogP contribution in [-0.4, -0.2) is 323 Å². The number of likely N-dealkylation sites (tertiary alicyclic amines) is 2. The first kappa shape index (κ1) is 113. The number of imidazole rings is 1. The maximum Gasteiger partial charge on any atom is 0.326 e. The number of phenolic OH excluding ortho intramolecular Hbond substituents is 1. The van der Waals surface area contributed by atoms with Crippen molar-refractivity contribution in [1.29, 1.82) is 0 Å². The molecule has 18 amide bonds. The molecular weight excluding hydrogens is 1850 g/mol. The normalized spacial score (nSPS) is 16.7. The fourth-order valence-electron chi connectivity index (χ4n) is 15.5. The van der Waals surface area contributed by atoms with Crippen molar-refractivity contribution in [2.75, 3.05) is 57.4 Å². The van der Waals surface area contributed by atoms with Crippen molar-refractivity contribution in [2.24, 2.45) is 29.0 Å². The number of carboxylic acids is 1. The van der Waals surface area contributed by atoms with Gasteiger partial charge in [-0.3, -0.25) is 86.3 Å². The maximum absolute atomic E-state index is 15.0. The summed E-state index contributed by atoms with van der Waals surface area (Å²) in [6.07, 6.45) is 0.600. The first-order chi connectivity index (χ1) is 66.1. The highest BCUT2D eigenvalue weighted by Gasteiger charge is 2.44. The summed E-state index contributed by atoms with van der Waals surface area (Å²) in [5.74, 6) is -20.2. The number of nitrogens with zero attached hydrogens (tertiary/aromatic N) is 3. The average molecular weight is 1980 g/mol. The molecule has 0 radical (unpaired) electrons. The first-order valence-corrected chi connectivity index (χ1v) is 46.9. The Morgan fingerprint density at radius 1 is 0.482 bits per heavy atom. The lowest BCUT2D eigenvalue weighted by Crippen LogP contribution is -2.62. The van der Waals surface area contributed by atoms with Crippen molar-refractivity contribution in [2.45, 2.75) is 234 Å². The molecule has 49 heteroatoms. The molecule has 0 bridgehead atoms. The van der Waals surface area contributed by atoms with Crippen molar-refractivity contribution in [3.63, 3.8) is 0 Å². The number of aromatic nitrogens is 3. The molecule has 2 fully saturated rings. The third-order valence-corrected chi connectivity index (χ3v) is 23.8. The van der Waals surface area contributed by atoms with E-state index in [1.807, 2.05) is 0 Å². The SMILES string of the molecule is CC(C)C[C@H](NC(=O)[C@@H]1CCCN1C(=O)CNC(=O)[C@H](Cc1ccccc1)NC(=O)[C@H](Cc1cnc[nH]1)NC(=O)[C@H](CS)NC(=O)[C@H](CO)NC(=O)[C@H](Cc1ccc(O)cc1)NC(=O)[C@@H](NC(=O)CNC(=O)CN)[C@@H](C)O)C(=O)N[C@H](C(=O)N[C@@H](Cc1c[nH]c2ccccc12)C(=O)N[C@H](C(=O)N[C@@H](CS)C(=O)N[C@@H](CCCCN)C(=O)N1CCC[C@H]1C(=O)N[C@@H](CCC(N)=O)C(=O)O)C(C)C)[C@@H](C)O. The minimum atomic E-state index is -1.87. The lowest BCUT2D eigenvalue weighted by atomic mass is 9.99. The molecule has 28 N–H and O–H groups in total. The largest absolute Gasteiger partial charge is 0.508 e. The number of rotatable bonds is 56. The summed E-state index contributed by atoms with van der Waals surface area (Å²) in [4.78, 5) is 276. The summed E-state index contributed by atoms with van der Waals surface area (Å²) in [7, 11) is 0. The van der Waals surface area contributed by atoms with E-state index in [2.05, 4.69) is 120 Å². The average Bonchev–Trinajstić information content (AvgIpc) is 1.71. The third kappa shape index (κ3) is 34.9. The molecule has 2 aromatic heterocycles. The molecule has 0 spiro atoms. The highest BCUT2D eigenvalue weighted by atomic mass is 32.1. The standard InChI is InChI=1S/C90H129N23O24S2/c1-46(2)32-59(79(125)111-75(49(6)116)88(134)105-62(35-52-38-95-56-19-11-10-18-55(52)56)80(126)110-73(47(3)4)86(132)108-66(44-139)82(128)99-57(20-12-13-29-91)89(135)113-31-15-22-68(113)85(131)100-58(90(136)137)27-28-69(93)118)103-84(130)67-21-14-30-112(67)72(121)41-97-76(122)60(33-50-16-8-7-9-17-50)101-78(124)63(36-53-39-94-45-98-53)102-83(129)65(43-138)107-81(127)64(42-114)106-77(123)61(34-51-23-25-54(117)26-24-51)104-87(133)74(48(5)115)109-71(120)40-96-70(119)37-92/h7-11,16-19,23-26,38-39,45-49,57-68,73-75,95,114-117,138-139H,12-15,20-22,27-37,40-44,91-92H2,1-6H3,(H2,93,118)(H,94,98)(H,96,119)(H,97,122)(H,99,128)(H,100,131)(H,101,124)(H,102,129)(H,103,130)(H,104,133)(H,105,134)(H,106,123)(H,107,127)(H,108,132)(H,109,120)(H,110,126)(H,111,125)(H,136,137)/t48-,49-,57+,58+,59+,60+,61+,62+,63+,64+,65+,66+,67+,68+,73+,74+,75+/m1/s1. The molecule has 0 unspecified atom stereocenters. The Balaban J connectivity index is 1.02. The molecule has 4 heterocycles. The van der Waals surface area contributed by atoms with Crippen LogP contribution in [0.25, 0.3) is 10.9 Å². The monoisotopic (exact) mass is 1980 g/mol. The van der Waals surface area contributed by atoms with Crippen LogP contribution in [0.15, 0.2) is 97.6 Å². The molecule has 5 aromatic rings. The van der Waals surface area contributed by atoms with Gasteiger partial charge in [0.25, 0.3) is 0 Å². The number of aromatic amines is 2. The summed E-state index contributed by atoms with van der Waals surface area (Å²) >= 11 is 8.64. The number of aliphatic hydroxyl groups excluding tert-OH is 3. The summed E-state index contributed by atoms with van der Waals surface area (Å²) in [6.45, 7) is 6.26. The van der Waals surface area contributed by atoms with E-state index in [1.54, 1.807) is 88.5 Å². The zero-order chi connectivity index (χ0) is 102. The maximum atomic E-state index is 15.0. The fourth-order valence-corrected chi connectivity index (χ4v) is 16.0. The highest BCUT2D eigenvalue weighted by Crippen LogP contribution is 2.25. The quantitative estimate of drug-likeness (QED) is 0.0127. The molecule has 3 aromatic carbocycles. The minimum Gasteiger partial charge on any atom is -0.508 e. The topological polar surface area (TPSA) is 735 Å². The summed E-state index contributed by atoms with van der Waals surface area (Å²) in [5.41, 5.74) is 18.6. The summed E-state index contributed by atoms with van der Waals surface area (Å²) in [6, 6.07) is -2.32. The molecule has 0 aliphatic carbocycles. The Labute approximate surface area is 811 Å². The Hall–Kier alpha value is -13.4. The zero-order valence-electron chi connectivity index (χ0n) is 77.9. The van der Waals surface area contributed by atoms with Gasteiger partial charge in [-0.15, -0.1) is 0 Å². The van der Waals surface area contributed by atoms with Crippen LogP contribution in [0.3, 0.4) is 0 Å². The van der Waals surface area contributed by atoms with Crippen molar-refractivity contribution >= 4 is 148 Å². The number of aliphatic hydroxyl groups is 3. The third-order valence-electron chi connectivity index (χ3n) is 23.1. The number of nitrogens with two attached hydrogens (primary N) is 3. The molecule has 2 saturated heterocycles. The number of hydrogen-bond acceptors (Lipinski definition) is 28. The van der Waals surface area contributed by atoms with Crippen LogP contribution in [0.5, 0.6) is 5.75 Å². The van der Waals surface area contributed by atoms with Gasteiger partial charge in [-0.05, 0) is 125 Å². The summed E-state index contributed by atoms with van der Waals surface area (Å²) < 4.78 is 0. The number of phenols is 1. The molecule has 7 rings (SSSR count). The molecule has 47 nitrogen and oxygen atoms in total. The summed E-state index contributed by atoms with van der Waals surface area (Å²) in [5, 5.41) is 90.4. The number of aromatic hydroxyl groups is 1. The van der Waals surface area contributed by atoms with Crippen LogP contribution >= 0.6 is 25.3 Å². The molecule has 139 heavy (non-hydrogen) atoms. The van der Waals surface area contributed by atoms with E-state index in [0.29, 0.717) is 46.9 Å². The number of hydrogen-bond donors (Lipinski definition) is 27. The van der Waals surface area contributed by atoms with E-state index in [4.69, 9.17) is 17.2 Å². The number of benzene rings is 3. The Bertz CT molecular complexity index is 5070. The number of carbonyl (C=O) groups excluding carboxylic acids is 18. The second-order valence-electron chi connectivity index (χ2n) is 34.7. The predicted molar refractivity (Wildman–Crippen MR) is 507 cm³/mol. The predicted octanol–water partition coefficient (Wildman–Crippen LogP) is -6.86. The number of para-hydroxylation sites is 1. The van der Waals surface area contributed by atoms with Crippen molar-refractivity contribution < 1.29 is 117 Å². The Morgan fingerprint density at radius 3 is 1.52 bits per heavy atom. The second kappa shape index (κ2) is 55.9. The lowest BCUT2D eigenvalue weighted by molar-refractivity contribution is -0.145. The van der Waals surface area contributed by atoms with Crippen LogP contribution in [0.4, 0.5) is 0 Å². The van der Waals surface area contributed by atoms with Gasteiger partial charge < -0.3 is 142 Å². The number of primary amides is 1. The number of thiol groups is 2. The van der Waals surface area contributed by atoms with Gasteiger partial charge >= 0.3 is 5.97 Å². The van der Waals surface area contributed by atoms with Crippen LogP contribution in [0, 0.1) is 11.8 Å². The number of H-pyrrole nitrogens is 2. The van der Waals surface area contributed by atoms with Crippen molar-refractivity contribution in [1.82, 2.24) is 105 Å². The molecule has 760 valence electrons. The number of amides is 18. The van der Waals surface area contributed by atoms with Gasteiger partial charge in [0.2, 0.25) is 106 Å². The molecule has 17 atom stereocenters. The molecular formula is C90H129N23O24S2. The van der Waals surface area contributed by atoms with Gasteiger partial charge in [0.15, 0.2) is 0 Å². The molecule has 2 aliphatic heterocycles. The van der Waals surface area contributed by atoms with Gasteiger partial charge in [-0.2, -0.15) is 25.3 Å². The van der Waals surface area contributed by atoms with Crippen LogP contribution in [0.1, 0.15) is 128 Å². The number of unbranched alkanes of at least 4 members (excludes halogenated alkanes) is 1. The van der Waals surface area contributed by atoms with Crippen LogP contribution < -0.4 is 97.0 Å². The van der Waals surface area contributed by atoms with E-state index in [0.717, 1.165) is 6.92 Å². The highest BCUT2D eigenvalue weighted by molar-refractivity contribution is 7.80. The first-order valence-electron chi connectivity index (χ1n) is 45.6. The lowest BCUT2D eigenvalue weighted by Gasteiger charge is -2.31. The number of carbonyl (C=O) groups is 19. The zero-order valence-corrected chi connectivity index (χ0v) is 79.7. The van der Waals surface area contributed by atoms with Crippen LogP contribution in [0.2, 0.25) is 0 Å². The Kier molecular flexibility index (Phi) is 45.3. The van der Waals surface area contributed by atoms with Gasteiger partial charge in [0.05, 0.1) is 44.8 Å². The van der Waals surface area contributed by atoms with E-state index in [-0.39, 0.29) is 113 Å². The number of nitrogens with one attached hydrogen (secondary N) is 17. The van der Waals surface area contributed by atoms with E-state index < -0.39 is 253 Å². The molecule has 2 aliphatic rings. The van der Waals surface area contributed by atoms with Crippen molar-refractivity contribution in [3.05, 3.63) is 120 Å². The van der Waals surface area contributed by atoms with Gasteiger partial charge in [-0.25, -0.2) is 9.78 Å². The number of carboxylic acid groups (broad SMARTS) is 1. The fraction of sp³-hybridized carbons (Fsp3) is 0.533. The van der Waals surface area contributed by atoms with E-state index >= 15 is 0 Å². The Morgan fingerprint density at radius 2 is 0.964 bits per heavy atom. The van der Waals surface area contributed by atoms with Gasteiger partial charge in [0.1, 0.15) is 96.4 Å².